The molecule has 2 unspecified atom stereocenters. The summed E-state index contributed by atoms with van der Waals surface area (Å²) in [6, 6.07) is 5.98. The van der Waals surface area contributed by atoms with Crippen molar-refractivity contribution in [1.29, 1.82) is 0 Å². The van der Waals surface area contributed by atoms with Gasteiger partial charge in [-0.1, -0.05) is 12.1 Å². The van der Waals surface area contributed by atoms with Crippen LogP contribution in [0.15, 0.2) is 24.3 Å². The van der Waals surface area contributed by atoms with Crippen molar-refractivity contribution in [3.05, 3.63) is 35.6 Å². The van der Waals surface area contributed by atoms with Gasteiger partial charge in [0, 0.05) is 13.0 Å². The number of aliphatic hydroxyl groups is 1. The molecule has 0 aromatic heterocycles. The molecule has 1 fully saturated rings. The molecule has 0 saturated carbocycles. The lowest BCUT2D eigenvalue weighted by atomic mass is 10.0. The van der Waals surface area contributed by atoms with Gasteiger partial charge in [-0.25, -0.2) is 4.39 Å². The topological polar surface area (TPSA) is 29.5 Å². The van der Waals surface area contributed by atoms with Crippen molar-refractivity contribution < 1.29 is 14.2 Å². The lowest BCUT2D eigenvalue weighted by Crippen LogP contribution is -2.11. The number of halogens is 1. The third-order valence-electron chi connectivity index (χ3n) is 2.76. The number of hydrogen-bond acceptors (Lipinski definition) is 2. The summed E-state index contributed by atoms with van der Waals surface area (Å²) in [5.41, 5.74) is 0.756. The normalized spacial score (nSPS) is 22.9. The zero-order chi connectivity index (χ0) is 10.7. The van der Waals surface area contributed by atoms with Crippen LogP contribution in [0.5, 0.6) is 0 Å². The van der Waals surface area contributed by atoms with Gasteiger partial charge in [-0.2, -0.15) is 0 Å². The van der Waals surface area contributed by atoms with Crippen molar-refractivity contribution in [3.8, 4) is 0 Å². The standard InChI is InChI=1S/C12H15FO2/c13-10-5-3-9(4-6-10)12(14)8-11-2-1-7-15-11/h3-6,11-12,14H,1-2,7-8H2. The predicted molar refractivity (Wildman–Crippen MR) is 55.0 cm³/mol. The first-order valence-corrected chi connectivity index (χ1v) is 5.31. The van der Waals surface area contributed by atoms with Crippen LogP contribution in [0.1, 0.15) is 30.9 Å². The van der Waals surface area contributed by atoms with Crippen molar-refractivity contribution in [2.24, 2.45) is 0 Å². The summed E-state index contributed by atoms with van der Waals surface area (Å²) in [5.74, 6) is -0.275. The molecule has 2 rings (SSSR count). The molecular formula is C12H15FO2. The maximum Gasteiger partial charge on any atom is 0.123 e. The minimum Gasteiger partial charge on any atom is -0.388 e. The second kappa shape index (κ2) is 4.73. The second-order valence-electron chi connectivity index (χ2n) is 3.94. The Bertz CT molecular complexity index is 304. The minimum atomic E-state index is -0.548. The third-order valence-corrected chi connectivity index (χ3v) is 2.76. The van der Waals surface area contributed by atoms with Gasteiger partial charge in [-0.05, 0) is 30.5 Å². The quantitative estimate of drug-likeness (QED) is 0.830. The van der Waals surface area contributed by atoms with Gasteiger partial charge in [0.1, 0.15) is 5.82 Å². The van der Waals surface area contributed by atoms with Gasteiger partial charge in [0.2, 0.25) is 0 Å². The van der Waals surface area contributed by atoms with Crippen LogP contribution in [0, 0.1) is 5.82 Å². The monoisotopic (exact) mass is 210 g/mol. The lowest BCUT2D eigenvalue weighted by molar-refractivity contribution is 0.0535. The number of aliphatic hydroxyl groups excluding tert-OH is 1. The van der Waals surface area contributed by atoms with E-state index in [9.17, 15) is 9.50 Å². The van der Waals surface area contributed by atoms with E-state index in [4.69, 9.17) is 4.74 Å². The fourth-order valence-electron chi connectivity index (χ4n) is 1.90. The van der Waals surface area contributed by atoms with E-state index in [-0.39, 0.29) is 11.9 Å². The summed E-state index contributed by atoms with van der Waals surface area (Å²) in [7, 11) is 0. The lowest BCUT2D eigenvalue weighted by Gasteiger charge is -2.15. The molecule has 1 N–H and O–H groups in total. The molecule has 1 aliphatic heterocycles. The van der Waals surface area contributed by atoms with Crippen LogP contribution >= 0.6 is 0 Å². The van der Waals surface area contributed by atoms with Gasteiger partial charge in [-0.15, -0.1) is 0 Å². The molecule has 1 heterocycles. The van der Waals surface area contributed by atoms with Crippen LogP contribution in [0.3, 0.4) is 0 Å². The van der Waals surface area contributed by atoms with Gasteiger partial charge in [0.15, 0.2) is 0 Å². The van der Waals surface area contributed by atoms with Crippen LogP contribution in [0.4, 0.5) is 4.39 Å². The fourth-order valence-corrected chi connectivity index (χ4v) is 1.90. The first kappa shape index (κ1) is 10.6. The Kier molecular flexibility index (Phi) is 3.34. The largest absolute Gasteiger partial charge is 0.388 e. The van der Waals surface area contributed by atoms with E-state index in [1.54, 1.807) is 12.1 Å². The van der Waals surface area contributed by atoms with Gasteiger partial charge in [-0.3, -0.25) is 0 Å². The summed E-state index contributed by atoms with van der Waals surface area (Å²) >= 11 is 0. The average Bonchev–Trinajstić information content (AvgIpc) is 2.71. The molecule has 3 heteroatoms. The predicted octanol–water partition coefficient (Wildman–Crippen LogP) is 2.43. The van der Waals surface area contributed by atoms with E-state index in [0.29, 0.717) is 6.42 Å². The Balaban J connectivity index is 1.94. The van der Waals surface area contributed by atoms with Gasteiger partial charge in [0.05, 0.1) is 12.2 Å². The zero-order valence-electron chi connectivity index (χ0n) is 8.53. The number of ether oxygens (including phenoxy) is 1. The highest BCUT2D eigenvalue weighted by atomic mass is 19.1. The summed E-state index contributed by atoms with van der Waals surface area (Å²) in [6.45, 7) is 0.792. The van der Waals surface area contributed by atoms with Crippen LogP contribution in [-0.4, -0.2) is 17.8 Å². The van der Waals surface area contributed by atoms with E-state index >= 15 is 0 Å². The smallest absolute Gasteiger partial charge is 0.123 e. The maximum atomic E-state index is 12.6. The Labute approximate surface area is 88.7 Å². The Hall–Kier alpha value is -0.930. The summed E-state index contributed by atoms with van der Waals surface area (Å²) in [4.78, 5) is 0. The van der Waals surface area contributed by atoms with Crippen LogP contribution in [0.25, 0.3) is 0 Å². The number of hydrogen-bond donors (Lipinski definition) is 1. The molecule has 1 aromatic carbocycles. The molecule has 1 aromatic rings. The van der Waals surface area contributed by atoms with E-state index in [0.717, 1.165) is 25.0 Å². The molecule has 1 saturated heterocycles. The summed E-state index contributed by atoms with van der Waals surface area (Å²) < 4.78 is 18.1. The first-order chi connectivity index (χ1) is 7.25. The van der Waals surface area contributed by atoms with Crippen LogP contribution in [-0.2, 0) is 4.74 Å². The molecule has 1 aliphatic rings. The molecule has 0 radical (unpaired) electrons. The van der Waals surface area contributed by atoms with E-state index in [1.807, 2.05) is 0 Å². The summed E-state index contributed by atoms with van der Waals surface area (Å²) in [6.07, 6.45) is 2.30. The van der Waals surface area contributed by atoms with Crippen molar-refractivity contribution in [2.75, 3.05) is 6.61 Å². The third kappa shape index (κ3) is 2.76. The summed E-state index contributed by atoms with van der Waals surface area (Å²) in [5, 5.41) is 9.87. The molecule has 82 valence electrons. The van der Waals surface area contributed by atoms with Gasteiger partial charge < -0.3 is 9.84 Å². The Morgan fingerprint density at radius 2 is 2.13 bits per heavy atom. The zero-order valence-corrected chi connectivity index (χ0v) is 8.53. The van der Waals surface area contributed by atoms with Crippen LogP contribution in [0.2, 0.25) is 0 Å². The maximum absolute atomic E-state index is 12.6. The molecule has 2 atom stereocenters. The Morgan fingerprint density at radius 1 is 1.40 bits per heavy atom. The molecule has 0 spiro atoms. The van der Waals surface area contributed by atoms with E-state index in [1.165, 1.54) is 12.1 Å². The average molecular weight is 210 g/mol. The highest BCUT2D eigenvalue weighted by Crippen LogP contribution is 2.24. The SMILES string of the molecule is OC(CC1CCCO1)c1ccc(F)cc1. The van der Waals surface area contributed by atoms with Crippen LogP contribution < -0.4 is 0 Å². The van der Waals surface area contributed by atoms with Crippen molar-refractivity contribution in [1.82, 2.24) is 0 Å². The number of rotatable bonds is 3. The molecule has 0 amide bonds. The van der Waals surface area contributed by atoms with Gasteiger partial charge in [0.25, 0.3) is 0 Å². The van der Waals surface area contributed by atoms with Crippen molar-refractivity contribution in [3.63, 3.8) is 0 Å². The molecule has 0 bridgehead atoms. The first-order valence-electron chi connectivity index (χ1n) is 5.31. The molecule has 15 heavy (non-hydrogen) atoms. The highest BCUT2D eigenvalue weighted by molar-refractivity contribution is 5.18. The second-order valence-corrected chi connectivity index (χ2v) is 3.94. The van der Waals surface area contributed by atoms with E-state index in [2.05, 4.69) is 0 Å². The number of benzene rings is 1. The van der Waals surface area contributed by atoms with Crippen molar-refractivity contribution in [2.45, 2.75) is 31.5 Å². The molecular weight excluding hydrogens is 195 g/mol. The highest BCUT2D eigenvalue weighted by Gasteiger charge is 2.20. The van der Waals surface area contributed by atoms with Gasteiger partial charge >= 0.3 is 0 Å². The Morgan fingerprint density at radius 3 is 2.73 bits per heavy atom. The van der Waals surface area contributed by atoms with E-state index < -0.39 is 6.10 Å². The molecule has 0 aliphatic carbocycles. The minimum absolute atomic E-state index is 0.157. The fraction of sp³-hybridized carbons (Fsp3) is 0.500. The van der Waals surface area contributed by atoms with Crippen molar-refractivity contribution >= 4 is 0 Å². The molecule has 2 nitrogen and oxygen atoms in total.